The zero-order valence-corrected chi connectivity index (χ0v) is 18.0. The van der Waals surface area contributed by atoms with Crippen molar-refractivity contribution in [2.24, 2.45) is 5.92 Å². The Kier molecular flexibility index (Phi) is 6.20. The molecule has 1 aliphatic rings. The molecule has 1 unspecified atom stereocenters. The second-order valence-corrected chi connectivity index (χ2v) is 7.93. The maximum atomic E-state index is 12.6. The Bertz CT molecular complexity index is 1110. The molecule has 1 amide bonds. The number of amides is 1. The highest BCUT2D eigenvalue weighted by atomic mass is 16.5. The first-order valence-corrected chi connectivity index (χ1v) is 10.6. The highest BCUT2D eigenvalue weighted by molar-refractivity contribution is 5.98. The number of piperidine rings is 1. The lowest BCUT2D eigenvalue weighted by molar-refractivity contribution is -0.158. The lowest BCUT2D eigenvalue weighted by Crippen LogP contribution is -2.39. The number of hydrogen-bond donors (Lipinski definition) is 1. The predicted octanol–water partition coefficient (Wildman–Crippen LogP) is 3.82. The summed E-state index contributed by atoms with van der Waals surface area (Å²) in [5, 5.41) is 2.69. The van der Waals surface area contributed by atoms with Gasteiger partial charge in [-0.1, -0.05) is 24.3 Å². The van der Waals surface area contributed by atoms with Gasteiger partial charge in [0.05, 0.1) is 5.92 Å². The van der Waals surface area contributed by atoms with Gasteiger partial charge in [-0.25, -0.2) is 0 Å². The molecule has 2 aromatic carbocycles. The van der Waals surface area contributed by atoms with Crippen molar-refractivity contribution in [3.8, 4) is 0 Å². The van der Waals surface area contributed by atoms with E-state index in [1.807, 2.05) is 29.2 Å². The molecule has 1 aromatic heterocycles. The number of rotatable bonds is 6. The van der Waals surface area contributed by atoms with Gasteiger partial charge in [0.1, 0.15) is 5.52 Å². The molecule has 1 saturated heterocycles. The Labute approximate surface area is 185 Å². The SMILES string of the molecule is CC(=O)c1cccc(NC(=O)C(C)OC(=O)C2CCN(c3nc4ccccc4o3)CC2)c1. The first kappa shape index (κ1) is 21.5. The number of oxazole rings is 1. The van der Waals surface area contributed by atoms with E-state index in [1.165, 1.54) is 13.8 Å². The summed E-state index contributed by atoms with van der Waals surface area (Å²) in [4.78, 5) is 43.0. The molecule has 2 heterocycles. The molecule has 1 aliphatic heterocycles. The van der Waals surface area contributed by atoms with Gasteiger partial charge in [0.25, 0.3) is 11.9 Å². The Morgan fingerprint density at radius 1 is 1.12 bits per heavy atom. The number of anilines is 2. The molecule has 1 atom stereocenters. The summed E-state index contributed by atoms with van der Waals surface area (Å²) in [7, 11) is 0. The topological polar surface area (TPSA) is 102 Å². The molecule has 4 rings (SSSR count). The summed E-state index contributed by atoms with van der Waals surface area (Å²) in [6.45, 7) is 4.23. The Morgan fingerprint density at radius 3 is 2.59 bits per heavy atom. The summed E-state index contributed by atoms with van der Waals surface area (Å²) in [5.74, 6) is -1.21. The van der Waals surface area contributed by atoms with E-state index in [0.717, 1.165) is 11.1 Å². The van der Waals surface area contributed by atoms with Crippen LogP contribution in [0.15, 0.2) is 52.9 Å². The number of aromatic nitrogens is 1. The molecule has 0 bridgehead atoms. The highest BCUT2D eigenvalue weighted by Crippen LogP contribution is 2.27. The van der Waals surface area contributed by atoms with E-state index < -0.39 is 12.0 Å². The summed E-state index contributed by atoms with van der Waals surface area (Å²) in [6, 6.07) is 14.8. The molecule has 0 aliphatic carbocycles. The van der Waals surface area contributed by atoms with Gasteiger partial charge in [0.2, 0.25) is 0 Å². The molecule has 8 heteroatoms. The summed E-state index contributed by atoms with van der Waals surface area (Å²) in [5.41, 5.74) is 2.52. The fourth-order valence-corrected chi connectivity index (χ4v) is 3.69. The average molecular weight is 435 g/mol. The van der Waals surface area contributed by atoms with Crippen molar-refractivity contribution < 1.29 is 23.5 Å². The number of carbonyl (C=O) groups excluding carboxylic acids is 3. The zero-order chi connectivity index (χ0) is 22.7. The van der Waals surface area contributed by atoms with Crippen LogP contribution in [0.5, 0.6) is 0 Å². The third-order valence-electron chi connectivity index (χ3n) is 5.58. The van der Waals surface area contributed by atoms with Gasteiger partial charge >= 0.3 is 5.97 Å². The van der Waals surface area contributed by atoms with Crippen molar-refractivity contribution >= 4 is 40.5 Å². The van der Waals surface area contributed by atoms with Crippen LogP contribution >= 0.6 is 0 Å². The van der Waals surface area contributed by atoms with E-state index in [0.29, 0.717) is 43.2 Å². The van der Waals surface area contributed by atoms with E-state index in [1.54, 1.807) is 24.3 Å². The standard InChI is InChI=1S/C24H25N3O5/c1-15(28)18-6-5-7-19(14-18)25-22(29)16(2)31-23(30)17-10-12-27(13-11-17)24-26-20-8-3-4-9-21(20)32-24/h3-9,14,16-17H,10-13H2,1-2H3,(H,25,29). The van der Waals surface area contributed by atoms with Gasteiger partial charge in [0, 0.05) is 24.3 Å². The fourth-order valence-electron chi connectivity index (χ4n) is 3.69. The third kappa shape index (κ3) is 4.80. The number of nitrogens with zero attached hydrogens (tertiary/aromatic N) is 2. The molecular weight excluding hydrogens is 410 g/mol. The van der Waals surface area contributed by atoms with Crippen molar-refractivity contribution in [3.63, 3.8) is 0 Å². The van der Waals surface area contributed by atoms with Crippen LogP contribution in [0.3, 0.4) is 0 Å². The maximum absolute atomic E-state index is 12.6. The van der Waals surface area contributed by atoms with Crippen LogP contribution in [0.25, 0.3) is 11.1 Å². The molecule has 3 aromatic rings. The highest BCUT2D eigenvalue weighted by Gasteiger charge is 2.30. The zero-order valence-electron chi connectivity index (χ0n) is 18.0. The smallest absolute Gasteiger partial charge is 0.309 e. The summed E-state index contributed by atoms with van der Waals surface area (Å²) >= 11 is 0. The largest absolute Gasteiger partial charge is 0.452 e. The Morgan fingerprint density at radius 2 is 1.88 bits per heavy atom. The molecule has 1 fully saturated rings. The van der Waals surface area contributed by atoms with Gasteiger partial charge in [-0.3, -0.25) is 14.4 Å². The number of Topliss-reactive ketones (excluding diaryl/α,β-unsaturated/α-hetero) is 1. The molecular formula is C24H25N3O5. The van der Waals surface area contributed by atoms with Crippen molar-refractivity contribution in [3.05, 3.63) is 54.1 Å². The van der Waals surface area contributed by atoms with E-state index >= 15 is 0 Å². The Balaban J connectivity index is 1.29. The first-order chi connectivity index (χ1) is 15.4. The fraction of sp³-hybridized carbons (Fsp3) is 0.333. The van der Waals surface area contributed by atoms with E-state index in [9.17, 15) is 14.4 Å². The van der Waals surface area contributed by atoms with Crippen LogP contribution < -0.4 is 10.2 Å². The van der Waals surface area contributed by atoms with Gasteiger partial charge in [-0.2, -0.15) is 4.98 Å². The molecule has 1 N–H and O–H groups in total. The van der Waals surface area contributed by atoms with Crippen molar-refractivity contribution in [2.45, 2.75) is 32.8 Å². The molecule has 0 spiro atoms. The minimum Gasteiger partial charge on any atom is -0.452 e. The van der Waals surface area contributed by atoms with Crippen LogP contribution in [0.1, 0.15) is 37.0 Å². The number of hydrogen-bond acceptors (Lipinski definition) is 7. The van der Waals surface area contributed by atoms with Crippen LogP contribution in [0, 0.1) is 5.92 Å². The molecule has 8 nitrogen and oxygen atoms in total. The number of nitrogens with one attached hydrogen (secondary N) is 1. The van der Waals surface area contributed by atoms with Crippen molar-refractivity contribution in [2.75, 3.05) is 23.3 Å². The predicted molar refractivity (Wildman–Crippen MR) is 120 cm³/mol. The van der Waals surface area contributed by atoms with Crippen molar-refractivity contribution in [1.82, 2.24) is 4.98 Å². The number of benzene rings is 2. The van der Waals surface area contributed by atoms with Crippen molar-refractivity contribution in [1.29, 1.82) is 0 Å². The number of para-hydroxylation sites is 2. The minimum atomic E-state index is -0.946. The third-order valence-corrected chi connectivity index (χ3v) is 5.58. The second-order valence-electron chi connectivity index (χ2n) is 7.93. The molecule has 0 saturated carbocycles. The monoisotopic (exact) mass is 435 g/mol. The van der Waals surface area contributed by atoms with E-state index in [2.05, 4.69) is 10.3 Å². The first-order valence-electron chi connectivity index (χ1n) is 10.6. The van der Waals surface area contributed by atoms with Gasteiger partial charge in [0.15, 0.2) is 17.5 Å². The Hall–Kier alpha value is -3.68. The number of fused-ring (bicyclic) bond motifs is 1. The number of ether oxygens (including phenoxy) is 1. The van der Waals surface area contributed by atoms with Crippen LogP contribution in [0.2, 0.25) is 0 Å². The normalized spacial score (nSPS) is 15.4. The molecule has 32 heavy (non-hydrogen) atoms. The molecule has 166 valence electrons. The number of carbonyl (C=O) groups is 3. The maximum Gasteiger partial charge on any atom is 0.309 e. The number of esters is 1. The minimum absolute atomic E-state index is 0.0928. The summed E-state index contributed by atoms with van der Waals surface area (Å²) < 4.78 is 11.2. The van der Waals surface area contributed by atoms with E-state index in [4.69, 9.17) is 9.15 Å². The van der Waals surface area contributed by atoms with Crippen LogP contribution in [0.4, 0.5) is 11.7 Å². The number of ketones is 1. The molecule has 0 radical (unpaired) electrons. The second kappa shape index (κ2) is 9.21. The lowest BCUT2D eigenvalue weighted by atomic mass is 9.97. The quantitative estimate of drug-likeness (QED) is 0.464. The van der Waals surface area contributed by atoms with Gasteiger partial charge in [-0.05, 0) is 51.0 Å². The summed E-state index contributed by atoms with van der Waals surface area (Å²) in [6.07, 6.45) is 0.234. The lowest BCUT2D eigenvalue weighted by Gasteiger charge is -2.30. The van der Waals surface area contributed by atoms with Crippen LogP contribution in [-0.4, -0.2) is 41.8 Å². The average Bonchev–Trinajstić information content (AvgIpc) is 3.23. The van der Waals surface area contributed by atoms with E-state index in [-0.39, 0.29) is 17.7 Å². The van der Waals surface area contributed by atoms with Crippen LogP contribution in [-0.2, 0) is 14.3 Å². The van der Waals surface area contributed by atoms with Gasteiger partial charge in [-0.15, -0.1) is 0 Å². The van der Waals surface area contributed by atoms with Gasteiger partial charge < -0.3 is 19.4 Å².